The van der Waals surface area contributed by atoms with Gasteiger partial charge in [-0.05, 0) is 25.8 Å². The molecule has 10 unspecified atom stereocenters. The maximum absolute atomic E-state index is 12.3. The maximum Gasteiger partial charge on any atom is 0.217 e. The Bertz CT molecular complexity index is 1440. The second-order valence-corrected chi connectivity index (χ2v) is 16.5. The summed E-state index contributed by atoms with van der Waals surface area (Å²) in [4.78, 5) is 12.3. The molecule has 0 aromatic rings. The van der Waals surface area contributed by atoms with Gasteiger partial charge in [0, 0.05) is 20.0 Å². The highest BCUT2D eigenvalue weighted by Gasteiger charge is 2.58. The van der Waals surface area contributed by atoms with E-state index in [4.69, 9.17) is 53.1 Å². The smallest absolute Gasteiger partial charge is 0.217 e. The van der Waals surface area contributed by atoms with Crippen molar-refractivity contribution in [1.82, 2.24) is 5.32 Å². The summed E-state index contributed by atoms with van der Waals surface area (Å²) in [7, 11) is 0. The molecule has 28 heteroatoms. The van der Waals surface area contributed by atoms with E-state index in [-0.39, 0.29) is 6.61 Å². The Balaban J connectivity index is 1.28. The van der Waals surface area contributed by atoms with Crippen molar-refractivity contribution < 1.29 is 129 Å². The summed E-state index contributed by atoms with van der Waals surface area (Å²) in [6.07, 6.45) is -38.2. The SMILES string of the molecule is CC(=O)NC1C[C@](O)(O[C@@H]2OC(CO)[C@H](O)[C@H](O)C2O)C(CO)O[C@H]1O[C@@H]1C(O)[C@@H](O[C@H]2C(CO)O[C@@H](O[C@@H]3C(CO)O[C@@H](OCCCCCN)C(O)[C@H]3O)C(O)[C@H]2O)OC(CO)[C@@H]1O. The Kier molecular flexibility index (Phi) is 20.3. The Hall–Kier alpha value is -1.57. The van der Waals surface area contributed by atoms with E-state index >= 15 is 0 Å². The number of nitrogens with one attached hydrogen (secondary N) is 1. The van der Waals surface area contributed by atoms with E-state index in [0.29, 0.717) is 13.0 Å². The fourth-order valence-electron chi connectivity index (χ4n) is 8.19. The minimum atomic E-state index is -2.68. The molecule has 5 aliphatic rings. The lowest BCUT2D eigenvalue weighted by Gasteiger charge is -2.51. The molecule has 0 spiro atoms. The second kappa shape index (κ2) is 24.3. The predicted molar refractivity (Wildman–Crippen MR) is 205 cm³/mol. The first kappa shape index (κ1) is 54.4. The third-order valence-electron chi connectivity index (χ3n) is 11.8. The number of aliphatic hydroxyl groups is 15. The molecule has 5 aliphatic heterocycles. The lowest BCUT2D eigenvalue weighted by atomic mass is 9.94. The summed E-state index contributed by atoms with van der Waals surface area (Å²) < 4.78 is 56.5. The minimum absolute atomic E-state index is 0.131. The molecular weight excluding hydrogens is 888 g/mol. The van der Waals surface area contributed by atoms with Crippen molar-refractivity contribution in [1.29, 1.82) is 0 Å². The number of amides is 1. The number of unbranched alkanes of at least 4 members (excludes halogenated alkanes) is 2. The first-order chi connectivity index (χ1) is 30.9. The van der Waals surface area contributed by atoms with Gasteiger partial charge in [0.15, 0.2) is 37.2 Å². The van der Waals surface area contributed by atoms with E-state index in [9.17, 15) is 81.4 Å². The Morgan fingerprint density at radius 2 is 1.05 bits per heavy atom. The Morgan fingerprint density at radius 3 is 1.60 bits per heavy atom. The van der Waals surface area contributed by atoms with Gasteiger partial charge in [0.05, 0.1) is 39.1 Å². The molecule has 5 fully saturated rings. The van der Waals surface area contributed by atoms with Crippen molar-refractivity contribution in [2.45, 2.75) is 180 Å². The molecule has 65 heavy (non-hydrogen) atoms. The number of hydrogen-bond donors (Lipinski definition) is 17. The summed E-state index contributed by atoms with van der Waals surface area (Å²) in [6.45, 7) is -2.91. The number of ether oxygens (including phenoxy) is 10. The first-order valence-corrected chi connectivity index (χ1v) is 21.3. The lowest BCUT2D eigenvalue weighted by molar-refractivity contribution is -0.417. The van der Waals surface area contributed by atoms with Crippen molar-refractivity contribution in [2.24, 2.45) is 5.73 Å². The number of nitrogens with two attached hydrogens (primary N) is 1. The van der Waals surface area contributed by atoms with Crippen LogP contribution in [0.3, 0.4) is 0 Å². The van der Waals surface area contributed by atoms with Crippen LogP contribution in [-0.2, 0) is 52.2 Å². The van der Waals surface area contributed by atoms with E-state index in [2.05, 4.69) is 5.32 Å². The summed E-state index contributed by atoms with van der Waals surface area (Å²) in [5.41, 5.74) is 5.49. The van der Waals surface area contributed by atoms with E-state index in [1.165, 1.54) is 0 Å². The molecule has 5 rings (SSSR count). The number of hydrogen-bond acceptors (Lipinski definition) is 27. The summed E-state index contributed by atoms with van der Waals surface area (Å²) >= 11 is 0. The lowest BCUT2D eigenvalue weighted by Crippen LogP contribution is -2.69. The monoisotopic (exact) mass is 954 g/mol. The van der Waals surface area contributed by atoms with Crippen LogP contribution in [0.4, 0.5) is 0 Å². The fraction of sp³-hybridized carbons (Fsp3) is 0.973. The van der Waals surface area contributed by atoms with Gasteiger partial charge in [0.1, 0.15) is 104 Å². The highest BCUT2D eigenvalue weighted by atomic mass is 16.8. The predicted octanol–water partition coefficient (Wildman–Crippen LogP) is -10.3. The third-order valence-corrected chi connectivity index (χ3v) is 11.8. The maximum atomic E-state index is 12.3. The zero-order valence-corrected chi connectivity index (χ0v) is 35.3. The van der Waals surface area contributed by atoms with Crippen molar-refractivity contribution in [3.63, 3.8) is 0 Å². The van der Waals surface area contributed by atoms with Crippen molar-refractivity contribution in [3.05, 3.63) is 0 Å². The number of rotatable bonds is 20. The molecule has 0 radical (unpaired) electrons. The Morgan fingerprint density at radius 1 is 0.554 bits per heavy atom. The van der Waals surface area contributed by atoms with Crippen LogP contribution in [0.15, 0.2) is 0 Å². The van der Waals surface area contributed by atoms with Gasteiger partial charge in [0.25, 0.3) is 0 Å². The van der Waals surface area contributed by atoms with E-state index in [1.807, 2.05) is 0 Å². The molecule has 0 aromatic heterocycles. The zero-order chi connectivity index (χ0) is 47.9. The van der Waals surface area contributed by atoms with Crippen molar-refractivity contribution in [2.75, 3.05) is 46.2 Å². The topological polar surface area (TPSA) is 451 Å². The van der Waals surface area contributed by atoms with Crippen LogP contribution in [0.2, 0.25) is 0 Å². The van der Waals surface area contributed by atoms with Crippen molar-refractivity contribution in [3.8, 4) is 0 Å². The normalized spacial score (nSPS) is 47.4. The van der Waals surface area contributed by atoms with Gasteiger partial charge in [-0.2, -0.15) is 0 Å². The van der Waals surface area contributed by atoms with E-state index in [0.717, 1.165) is 19.8 Å². The molecule has 0 saturated carbocycles. The molecule has 1 amide bonds. The van der Waals surface area contributed by atoms with Gasteiger partial charge in [-0.15, -0.1) is 0 Å². The molecule has 0 aliphatic carbocycles. The quantitative estimate of drug-likeness (QED) is 0.0398. The number of carbonyl (C=O) groups excluding carboxylic acids is 1. The third kappa shape index (κ3) is 12.4. The molecule has 380 valence electrons. The molecule has 0 bridgehead atoms. The van der Waals surface area contributed by atoms with Gasteiger partial charge in [-0.25, -0.2) is 0 Å². The van der Waals surface area contributed by atoms with Gasteiger partial charge in [-0.3, -0.25) is 4.79 Å². The van der Waals surface area contributed by atoms with Gasteiger partial charge < -0.3 is 135 Å². The molecule has 28 nitrogen and oxygen atoms in total. The summed E-state index contributed by atoms with van der Waals surface area (Å²) in [5.74, 6) is -3.42. The van der Waals surface area contributed by atoms with Crippen LogP contribution in [-0.4, -0.2) is 276 Å². The molecule has 0 aromatic carbocycles. The van der Waals surface area contributed by atoms with Crippen LogP contribution in [0.1, 0.15) is 32.6 Å². The van der Waals surface area contributed by atoms with Crippen LogP contribution in [0.25, 0.3) is 0 Å². The van der Waals surface area contributed by atoms with Gasteiger partial charge in [-0.1, -0.05) is 0 Å². The molecule has 18 N–H and O–H groups in total. The highest BCUT2D eigenvalue weighted by molar-refractivity contribution is 5.73. The van der Waals surface area contributed by atoms with Crippen LogP contribution in [0, 0.1) is 0 Å². The Labute approximate surface area is 371 Å². The first-order valence-electron chi connectivity index (χ1n) is 21.3. The largest absolute Gasteiger partial charge is 0.394 e. The highest BCUT2D eigenvalue weighted by Crippen LogP contribution is 2.38. The van der Waals surface area contributed by atoms with E-state index in [1.54, 1.807) is 0 Å². The minimum Gasteiger partial charge on any atom is -0.394 e. The van der Waals surface area contributed by atoms with Crippen LogP contribution < -0.4 is 11.1 Å². The molecule has 5 saturated heterocycles. The standard InChI is InChI=1S/C37H66N2O26/c1-13(45)39-14-7-37(55,65-36-25(51)22(48)20(46)15(8-40)58-36)19(12-44)61-32(14)64-31-21(47)16(9-41)57-35(28(31)54)63-30-18(11-43)60-34(27(53)24(30)50)62-29-17(10-42)59-33(26(52)23(29)49)56-6-4-2-3-5-38/h14-36,40-44,46-55H,2-12,38H2,1H3,(H,39,45)/t14?,15?,16?,17?,18?,19?,20-,21-,22-,23+,24+,25?,26?,27?,28?,29+,30-,31-,32-,33+,34-,35+,36-,37-/m0/s1. The fourth-order valence-corrected chi connectivity index (χ4v) is 8.19. The zero-order valence-electron chi connectivity index (χ0n) is 35.3. The van der Waals surface area contributed by atoms with Crippen molar-refractivity contribution >= 4 is 5.91 Å². The van der Waals surface area contributed by atoms with Gasteiger partial charge >= 0.3 is 0 Å². The van der Waals surface area contributed by atoms with Crippen LogP contribution in [0.5, 0.6) is 0 Å². The number of carbonyl (C=O) groups is 1. The summed E-state index contributed by atoms with van der Waals surface area (Å²) in [5, 5.41) is 162. The molecule has 24 atom stereocenters. The van der Waals surface area contributed by atoms with E-state index < -0.39 is 192 Å². The summed E-state index contributed by atoms with van der Waals surface area (Å²) in [6, 6.07) is -1.48. The average molecular weight is 955 g/mol. The van der Waals surface area contributed by atoms with Gasteiger partial charge in [0.2, 0.25) is 5.91 Å². The average Bonchev–Trinajstić information content (AvgIpc) is 3.28. The van der Waals surface area contributed by atoms with Crippen LogP contribution >= 0.6 is 0 Å². The number of aliphatic hydroxyl groups excluding tert-OH is 14. The molecule has 5 heterocycles. The molecular formula is C37H66N2O26. The second-order valence-electron chi connectivity index (χ2n) is 16.5.